The largest absolute Gasteiger partial charge is 0.467 e. The van der Waals surface area contributed by atoms with Crippen molar-refractivity contribution in [2.75, 3.05) is 5.75 Å². The third-order valence-electron chi connectivity index (χ3n) is 2.21. The zero-order chi connectivity index (χ0) is 13.7. The third kappa shape index (κ3) is 3.95. The zero-order valence-corrected chi connectivity index (χ0v) is 11.0. The molecule has 0 radical (unpaired) electrons. The van der Waals surface area contributed by atoms with Gasteiger partial charge in [-0.1, -0.05) is 11.8 Å². The number of carbonyl (C=O) groups excluding carboxylic acids is 1. The molecule has 0 saturated heterocycles. The van der Waals surface area contributed by atoms with Crippen LogP contribution < -0.4 is 11.0 Å². The highest BCUT2D eigenvalue weighted by Crippen LogP contribution is 2.15. The first kappa shape index (κ1) is 13.3. The fourth-order valence-electron chi connectivity index (χ4n) is 1.30. The Kier molecular flexibility index (Phi) is 4.35. The van der Waals surface area contributed by atoms with Gasteiger partial charge in [-0.2, -0.15) is 10.1 Å². The Bertz CT molecular complexity index is 609. The summed E-state index contributed by atoms with van der Waals surface area (Å²) >= 11 is 1.17. The maximum Gasteiger partial charge on any atom is 0.362 e. The van der Waals surface area contributed by atoms with Gasteiger partial charge in [-0.3, -0.25) is 4.79 Å². The van der Waals surface area contributed by atoms with E-state index < -0.39 is 5.69 Å². The summed E-state index contributed by atoms with van der Waals surface area (Å²) in [5, 5.41) is 9.16. The van der Waals surface area contributed by atoms with Crippen molar-refractivity contribution in [1.82, 2.24) is 20.5 Å². The van der Waals surface area contributed by atoms with E-state index in [-0.39, 0.29) is 11.7 Å². The Balaban J connectivity index is 1.83. The fraction of sp³-hybridized carbons (Fsp3) is 0.273. The van der Waals surface area contributed by atoms with E-state index in [2.05, 4.69) is 20.5 Å². The van der Waals surface area contributed by atoms with Crippen LogP contribution in [0.25, 0.3) is 0 Å². The highest BCUT2D eigenvalue weighted by atomic mass is 32.2. The summed E-state index contributed by atoms with van der Waals surface area (Å²) in [5.41, 5.74) is 0.0625. The molecule has 0 saturated carbocycles. The lowest BCUT2D eigenvalue weighted by Gasteiger charge is -2.03. The van der Waals surface area contributed by atoms with Crippen LogP contribution in [0.1, 0.15) is 11.5 Å². The number of nitrogens with one attached hydrogen (secondary N) is 2. The lowest BCUT2D eigenvalue weighted by molar-refractivity contribution is -0.118. The average Bonchev–Trinajstić information content (AvgIpc) is 2.90. The summed E-state index contributed by atoms with van der Waals surface area (Å²) < 4.78 is 5.09. The SMILES string of the molecule is Cc1n[nH]c(=O)nc1SCC(=O)NCc1ccco1. The lowest BCUT2D eigenvalue weighted by Crippen LogP contribution is -2.24. The predicted octanol–water partition coefficient (Wildman–Crippen LogP) is 0.475. The number of aromatic amines is 1. The number of aryl methyl sites for hydroxylation is 1. The van der Waals surface area contributed by atoms with E-state index in [1.165, 1.54) is 11.8 Å². The summed E-state index contributed by atoms with van der Waals surface area (Å²) in [6.45, 7) is 2.05. The number of aromatic nitrogens is 3. The van der Waals surface area contributed by atoms with Crippen molar-refractivity contribution >= 4 is 17.7 Å². The first-order chi connectivity index (χ1) is 9.15. The molecular weight excluding hydrogens is 268 g/mol. The lowest BCUT2D eigenvalue weighted by atomic mass is 10.4. The van der Waals surface area contributed by atoms with E-state index in [0.29, 0.717) is 23.0 Å². The minimum Gasteiger partial charge on any atom is -0.467 e. The molecule has 0 aliphatic carbocycles. The monoisotopic (exact) mass is 280 g/mol. The molecule has 7 nitrogen and oxygen atoms in total. The van der Waals surface area contributed by atoms with E-state index in [4.69, 9.17) is 4.42 Å². The van der Waals surface area contributed by atoms with Crippen LogP contribution in [0, 0.1) is 6.92 Å². The molecule has 0 unspecified atom stereocenters. The second-order valence-electron chi connectivity index (χ2n) is 3.68. The molecule has 2 aromatic rings. The molecule has 0 aliphatic heterocycles. The highest BCUT2D eigenvalue weighted by Gasteiger charge is 2.08. The maximum absolute atomic E-state index is 11.6. The maximum atomic E-state index is 11.6. The Labute approximate surface area is 112 Å². The van der Waals surface area contributed by atoms with Gasteiger partial charge in [0.2, 0.25) is 5.91 Å². The standard InChI is InChI=1S/C11H12N4O3S/c1-7-10(13-11(17)15-14-7)19-6-9(16)12-5-8-3-2-4-18-8/h2-4H,5-6H2,1H3,(H,12,16)(H,13,15,17). The normalized spacial score (nSPS) is 10.4. The number of rotatable bonds is 5. The number of amides is 1. The molecule has 2 rings (SSSR count). The molecule has 8 heteroatoms. The molecule has 0 fully saturated rings. The summed E-state index contributed by atoms with van der Waals surface area (Å²) in [4.78, 5) is 26.4. The van der Waals surface area contributed by atoms with Gasteiger partial charge < -0.3 is 9.73 Å². The van der Waals surface area contributed by atoms with Crippen LogP contribution in [0.3, 0.4) is 0 Å². The van der Waals surface area contributed by atoms with E-state index in [1.807, 2.05) is 0 Å². The Morgan fingerprint density at radius 1 is 1.58 bits per heavy atom. The molecule has 0 aliphatic rings. The Morgan fingerprint density at radius 3 is 3.16 bits per heavy atom. The first-order valence-electron chi connectivity index (χ1n) is 5.50. The van der Waals surface area contributed by atoms with Crippen molar-refractivity contribution in [3.63, 3.8) is 0 Å². The third-order valence-corrected chi connectivity index (χ3v) is 3.28. The van der Waals surface area contributed by atoms with Gasteiger partial charge in [-0.05, 0) is 19.1 Å². The van der Waals surface area contributed by atoms with Crippen LogP contribution in [0.15, 0.2) is 32.6 Å². The van der Waals surface area contributed by atoms with Crippen molar-refractivity contribution in [3.05, 3.63) is 40.3 Å². The van der Waals surface area contributed by atoms with Gasteiger partial charge in [0, 0.05) is 0 Å². The van der Waals surface area contributed by atoms with Crippen molar-refractivity contribution < 1.29 is 9.21 Å². The number of furan rings is 1. The Morgan fingerprint density at radius 2 is 2.42 bits per heavy atom. The molecule has 19 heavy (non-hydrogen) atoms. The Hall–Kier alpha value is -2.09. The van der Waals surface area contributed by atoms with Gasteiger partial charge in [-0.25, -0.2) is 9.89 Å². The number of carbonyl (C=O) groups is 1. The molecule has 1 amide bonds. The summed E-state index contributed by atoms with van der Waals surface area (Å²) in [5.74, 6) is 0.688. The van der Waals surface area contributed by atoms with Gasteiger partial charge in [-0.15, -0.1) is 0 Å². The molecule has 2 heterocycles. The van der Waals surface area contributed by atoms with Gasteiger partial charge in [0.1, 0.15) is 10.8 Å². The molecule has 0 aromatic carbocycles. The summed E-state index contributed by atoms with van der Waals surface area (Å²) in [6, 6.07) is 3.53. The van der Waals surface area contributed by atoms with E-state index in [0.717, 1.165) is 0 Å². The van der Waals surface area contributed by atoms with Crippen molar-refractivity contribution in [3.8, 4) is 0 Å². The zero-order valence-electron chi connectivity index (χ0n) is 10.2. The quantitative estimate of drug-likeness (QED) is 0.772. The average molecular weight is 280 g/mol. The van der Waals surface area contributed by atoms with Gasteiger partial charge in [0.05, 0.1) is 24.3 Å². The molecule has 0 spiro atoms. The van der Waals surface area contributed by atoms with Crippen LogP contribution in [0.5, 0.6) is 0 Å². The number of nitrogens with zero attached hydrogens (tertiary/aromatic N) is 2. The number of thioether (sulfide) groups is 1. The molecule has 100 valence electrons. The predicted molar refractivity (Wildman–Crippen MR) is 68.7 cm³/mol. The molecule has 0 bridgehead atoms. The molecule has 2 aromatic heterocycles. The van der Waals surface area contributed by atoms with Crippen molar-refractivity contribution in [1.29, 1.82) is 0 Å². The van der Waals surface area contributed by atoms with Gasteiger partial charge in [0.15, 0.2) is 0 Å². The molecule has 0 atom stereocenters. The van der Waals surface area contributed by atoms with Crippen LogP contribution in [0.2, 0.25) is 0 Å². The minimum absolute atomic E-state index is 0.164. The van der Waals surface area contributed by atoms with Crippen molar-refractivity contribution in [2.45, 2.75) is 18.5 Å². The minimum atomic E-state index is -0.524. The highest BCUT2D eigenvalue weighted by molar-refractivity contribution is 7.99. The van der Waals surface area contributed by atoms with Gasteiger partial charge >= 0.3 is 5.69 Å². The first-order valence-corrected chi connectivity index (χ1v) is 6.49. The number of hydrogen-bond donors (Lipinski definition) is 2. The topological polar surface area (TPSA) is 101 Å². The van der Waals surface area contributed by atoms with E-state index in [9.17, 15) is 9.59 Å². The van der Waals surface area contributed by atoms with Crippen LogP contribution in [0.4, 0.5) is 0 Å². The molecule has 2 N–H and O–H groups in total. The van der Waals surface area contributed by atoms with Gasteiger partial charge in [0.25, 0.3) is 0 Å². The molecular formula is C11H12N4O3S. The fourth-order valence-corrected chi connectivity index (χ4v) is 2.07. The van der Waals surface area contributed by atoms with Crippen LogP contribution in [-0.2, 0) is 11.3 Å². The number of hydrogen-bond acceptors (Lipinski definition) is 6. The van der Waals surface area contributed by atoms with Crippen LogP contribution >= 0.6 is 11.8 Å². The smallest absolute Gasteiger partial charge is 0.362 e. The van der Waals surface area contributed by atoms with Crippen LogP contribution in [-0.4, -0.2) is 26.8 Å². The summed E-state index contributed by atoms with van der Waals surface area (Å²) in [6.07, 6.45) is 1.55. The van der Waals surface area contributed by atoms with Crippen molar-refractivity contribution in [2.24, 2.45) is 0 Å². The second kappa shape index (κ2) is 6.19. The van der Waals surface area contributed by atoms with E-state index in [1.54, 1.807) is 25.3 Å². The number of H-pyrrole nitrogens is 1. The summed E-state index contributed by atoms with van der Waals surface area (Å²) in [7, 11) is 0. The second-order valence-corrected chi connectivity index (χ2v) is 4.64. The van der Waals surface area contributed by atoms with E-state index >= 15 is 0 Å².